The van der Waals surface area contributed by atoms with Crippen LogP contribution in [0.2, 0.25) is 0 Å². The van der Waals surface area contributed by atoms with Crippen molar-refractivity contribution in [2.24, 2.45) is 9.98 Å². The van der Waals surface area contributed by atoms with Crippen LogP contribution in [0.3, 0.4) is 0 Å². The second-order valence-electron chi connectivity index (χ2n) is 14.5. The molecule has 1 aliphatic carbocycles. The van der Waals surface area contributed by atoms with Crippen LogP contribution in [0.15, 0.2) is 180 Å². The molecule has 1 aliphatic heterocycles. The topological polar surface area (TPSA) is 36.8 Å². The standard InChI is InChI=1S/C51H35N3S/c1-3-11-32(12-4-1)33-19-21-35(22-20-33)50-52-49(34-13-5-2-6-14-34)53-51(54-50)38-24-27-44-46-30-37(25-28-47(46)55-48(44)31-38)36-23-26-43-41-17-8-7-15-39(41)40-16-9-10-18-42(40)45(43)29-36/h1-22,24-31,36,49H,23H2,(H,52,53,54). The summed E-state index contributed by atoms with van der Waals surface area (Å²) in [5, 5.41) is 14.3. The first-order valence-electron chi connectivity index (χ1n) is 19.0. The van der Waals surface area contributed by atoms with Crippen LogP contribution in [0.4, 0.5) is 0 Å². The Kier molecular flexibility index (Phi) is 7.56. The predicted molar refractivity (Wildman–Crippen MR) is 234 cm³/mol. The van der Waals surface area contributed by atoms with E-state index >= 15 is 0 Å². The third-order valence-electron chi connectivity index (χ3n) is 11.3. The van der Waals surface area contributed by atoms with Crippen molar-refractivity contribution < 1.29 is 0 Å². The molecule has 3 nitrogen and oxygen atoms in total. The fourth-order valence-electron chi connectivity index (χ4n) is 8.49. The van der Waals surface area contributed by atoms with Crippen molar-refractivity contribution >= 4 is 76.9 Å². The van der Waals surface area contributed by atoms with Crippen molar-refractivity contribution in [1.82, 2.24) is 5.32 Å². The van der Waals surface area contributed by atoms with Gasteiger partial charge in [0.05, 0.1) is 0 Å². The zero-order chi connectivity index (χ0) is 36.3. The Balaban J connectivity index is 0.969. The number of thiophene rings is 1. The highest BCUT2D eigenvalue weighted by Gasteiger charge is 2.22. The quantitative estimate of drug-likeness (QED) is 0.177. The first kappa shape index (κ1) is 31.9. The van der Waals surface area contributed by atoms with E-state index < -0.39 is 0 Å². The number of nitrogens with zero attached hydrogens (tertiary/aromatic N) is 2. The van der Waals surface area contributed by atoms with E-state index in [0.717, 1.165) is 34.8 Å². The van der Waals surface area contributed by atoms with E-state index in [2.05, 4.69) is 175 Å². The number of aliphatic imine (C=N–C) groups is 2. The van der Waals surface area contributed by atoms with Gasteiger partial charge in [-0.25, -0.2) is 9.98 Å². The van der Waals surface area contributed by atoms with E-state index in [9.17, 15) is 0 Å². The van der Waals surface area contributed by atoms with Gasteiger partial charge in [-0.2, -0.15) is 0 Å². The third kappa shape index (κ3) is 5.57. The average Bonchev–Trinajstić information content (AvgIpc) is 3.64. The molecule has 2 aliphatic rings. The Morgan fingerprint density at radius 3 is 1.87 bits per heavy atom. The molecular weight excluding hydrogens is 687 g/mol. The Morgan fingerprint density at radius 2 is 1.11 bits per heavy atom. The molecule has 1 N–H and O–H groups in total. The number of hydrogen-bond donors (Lipinski definition) is 1. The summed E-state index contributed by atoms with van der Waals surface area (Å²) in [6.07, 6.45) is 5.72. The van der Waals surface area contributed by atoms with Crippen molar-refractivity contribution in [3.8, 4) is 11.1 Å². The summed E-state index contributed by atoms with van der Waals surface area (Å²) >= 11 is 1.84. The molecule has 2 heterocycles. The second-order valence-corrected chi connectivity index (χ2v) is 15.6. The molecule has 0 amide bonds. The average molecular weight is 722 g/mol. The molecule has 0 fully saturated rings. The molecule has 0 spiro atoms. The summed E-state index contributed by atoms with van der Waals surface area (Å²) in [5.74, 6) is 1.87. The highest BCUT2D eigenvalue weighted by Crippen LogP contribution is 2.38. The molecule has 260 valence electrons. The first-order valence-corrected chi connectivity index (χ1v) is 19.8. The van der Waals surface area contributed by atoms with E-state index in [1.54, 1.807) is 0 Å². The zero-order valence-electron chi connectivity index (χ0n) is 30.0. The summed E-state index contributed by atoms with van der Waals surface area (Å²) in [4.78, 5) is 10.3. The Hall–Kier alpha value is -6.62. The number of nitrogens with one attached hydrogen (secondary N) is 1. The van der Waals surface area contributed by atoms with Crippen molar-refractivity contribution in [1.29, 1.82) is 0 Å². The maximum atomic E-state index is 5.17. The van der Waals surface area contributed by atoms with Gasteiger partial charge in [-0.1, -0.05) is 164 Å². The van der Waals surface area contributed by atoms with Gasteiger partial charge < -0.3 is 5.32 Å². The Bertz CT molecular complexity index is 3140. The Morgan fingerprint density at radius 1 is 0.473 bits per heavy atom. The molecule has 11 rings (SSSR count). The van der Waals surface area contributed by atoms with Crippen LogP contribution in [0.5, 0.6) is 0 Å². The molecule has 8 aromatic carbocycles. The lowest BCUT2D eigenvalue weighted by molar-refractivity contribution is 0.674. The van der Waals surface area contributed by atoms with Crippen LogP contribution in [-0.4, -0.2) is 11.7 Å². The number of amidine groups is 2. The second kappa shape index (κ2) is 13.0. The molecule has 0 bridgehead atoms. The highest BCUT2D eigenvalue weighted by atomic mass is 32.1. The molecule has 9 aromatic rings. The van der Waals surface area contributed by atoms with Crippen LogP contribution in [0, 0.1) is 0 Å². The molecule has 4 heteroatoms. The van der Waals surface area contributed by atoms with Crippen LogP contribution >= 0.6 is 11.3 Å². The van der Waals surface area contributed by atoms with Crippen molar-refractivity contribution in [2.45, 2.75) is 18.5 Å². The fourth-order valence-corrected chi connectivity index (χ4v) is 9.61. The van der Waals surface area contributed by atoms with Crippen LogP contribution < -0.4 is 15.8 Å². The monoisotopic (exact) mass is 721 g/mol. The third-order valence-corrected chi connectivity index (χ3v) is 12.4. The van der Waals surface area contributed by atoms with Crippen molar-refractivity contribution in [2.75, 3.05) is 0 Å². The van der Waals surface area contributed by atoms with Crippen LogP contribution in [-0.2, 0) is 0 Å². The Labute approximate surface area is 323 Å². The molecule has 0 radical (unpaired) electrons. The summed E-state index contributed by atoms with van der Waals surface area (Å²) in [5.41, 5.74) is 6.89. The molecule has 0 saturated carbocycles. The smallest absolute Gasteiger partial charge is 0.159 e. The highest BCUT2D eigenvalue weighted by molar-refractivity contribution is 7.25. The van der Waals surface area contributed by atoms with Gasteiger partial charge in [-0.3, -0.25) is 0 Å². The minimum Gasteiger partial charge on any atom is -0.344 e. The van der Waals surface area contributed by atoms with Crippen LogP contribution in [0.1, 0.15) is 40.8 Å². The summed E-state index contributed by atoms with van der Waals surface area (Å²) < 4.78 is 2.54. The number of hydrogen-bond acceptors (Lipinski definition) is 4. The van der Waals surface area contributed by atoms with Gasteiger partial charge in [0.15, 0.2) is 5.84 Å². The normalized spacial score (nSPS) is 16.6. The SMILES string of the molecule is C1=c2c(c3ccccc3c3ccccc23)=CC(c2ccc3sc4cc(C5=NC(c6ccccc6)NC(c6ccc(-c7ccccc7)cc6)=N5)ccc4c3c2)C1. The van der Waals surface area contributed by atoms with E-state index in [1.807, 2.05) is 23.5 Å². The van der Waals surface area contributed by atoms with Gasteiger partial charge >= 0.3 is 0 Å². The minimum absolute atomic E-state index is 0.248. The van der Waals surface area contributed by atoms with Gasteiger partial charge in [0.1, 0.15) is 12.0 Å². The maximum absolute atomic E-state index is 5.17. The van der Waals surface area contributed by atoms with Gasteiger partial charge in [-0.05, 0) is 78.9 Å². The lowest BCUT2D eigenvalue weighted by Crippen LogP contribution is -2.33. The zero-order valence-corrected chi connectivity index (χ0v) is 30.8. The van der Waals surface area contributed by atoms with Crippen molar-refractivity contribution in [3.05, 3.63) is 203 Å². The first-order chi connectivity index (χ1) is 27.2. The lowest BCUT2D eigenvalue weighted by Gasteiger charge is -2.23. The van der Waals surface area contributed by atoms with Crippen molar-refractivity contribution in [3.63, 3.8) is 0 Å². The van der Waals surface area contributed by atoms with E-state index in [0.29, 0.717) is 5.92 Å². The number of benzene rings is 8. The molecule has 0 saturated heterocycles. The summed E-state index contributed by atoms with van der Waals surface area (Å²) in [6, 6.07) is 61.1. The largest absolute Gasteiger partial charge is 0.344 e. The minimum atomic E-state index is -0.248. The van der Waals surface area contributed by atoms with E-state index in [-0.39, 0.29) is 6.17 Å². The molecular formula is C51H35N3S. The lowest BCUT2D eigenvalue weighted by atomic mass is 9.86. The fraction of sp³-hybridized carbons (Fsp3) is 0.0588. The van der Waals surface area contributed by atoms with Crippen LogP contribution in [0.25, 0.3) is 65.0 Å². The molecule has 1 aromatic heterocycles. The maximum Gasteiger partial charge on any atom is 0.159 e. The van der Waals surface area contributed by atoms with Gasteiger partial charge in [-0.15, -0.1) is 11.3 Å². The summed E-state index contributed by atoms with van der Waals surface area (Å²) in [7, 11) is 0. The summed E-state index contributed by atoms with van der Waals surface area (Å²) in [6.45, 7) is 0. The molecule has 2 unspecified atom stereocenters. The van der Waals surface area contributed by atoms with E-state index in [4.69, 9.17) is 9.98 Å². The van der Waals surface area contributed by atoms with E-state index in [1.165, 1.54) is 68.8 Å². The molecule has 55 heavy (non-hydrogen) atoms. The van der Waals surface area contributed by atoms with Gasteiger partial charge in [0.2, 0.25) is 0 Å². The van der Waals surface area contributed by atoms with Gasteiger partial charge in [0.25, 0.3) is 0 Å². The van der Waals surface area contributed by atoms with Gasteiger partial charge in [0, 0.05) is 37.2 Å². The predicted octanol–water partition coefficient (Wildman–Crippen LogP) is 11.3. The number of rotatable bonds is 5. The number of fused-ring (bicyclic) bond motifs is 9. The molecule has 2 atom stereocenters.